The minimum Gasteiger partial charge on any atom is -0.330 e. The Morgan fingerprint density at radius 3 is 2.54 bits per heavy atom. The number of nitrogens with two attached hydrogens (primary N) is 1. The molecule has 74 valence electrons. The molecule has 0 unspecified atom stereocenters. The summed E-state index contributed by atoms with van der Waals surface area (Å²) in [7, 11) is -3.16. The van der Waals surface area contributed by atoms with Gasteiger partial charge in [0.05, 0.1) is 5.69 Å². The molecule has 0 aliphatic carbocycles. The summed E-state index contributed by atoms with van der Waals surface area (Å²) >= 11 is 1.21. The van der Waals surface area contributed by atoms with Crippen molar-refractivity contribution in [1.29, 1.82) is 0 Å². The van der Waals surface area contributed by atoms with Crippen molar-refractivity contribution in [1.82, 2.24) is 4.98 Å². The quantitative estimate of drug-likeness (QED) is 0.798. The summed E-state index contributed by atoms with van der Waals surface area (Å²) in [6.07, 6.45) is 1.86. The highest BCUT2D eigenvalue weighted by atomic mass is 32.2. The molecule has 0 bridgehead atoms. The lowest BCUT2D eigenvalue weighted by atomic mass is 10.3. The summed E-state index contributed by atoms with van der Waals surface area (Å²) < 4.78 is 22.4. The summed E-state index contributed by atoms with van der Waals surface area (Å²) in [6, 6.07) is 0. The summed E-state index contributed by atoms with van der Waals surface area (Å²) in [5.41, 5.74) is 6.15. The number of hydrogen-bond acceptors (Lipinski definition) is 5. The van der Waals surface area contributed by atoms with Crippen LogP contribution in [0.1, 0.15) is 10.6 Å². The molecular formula is C7H12N2O2S2. The fraction of sp³-hybridized carbons (Fsp3) is 0.571. The smallest absolute Gasteiger partial charge is 0.209 e. The van der Waals surface area contributed by atoms with Crippen molar-refractivity contribution >= 4 is 21.2 Å². The van der Waals surface area contributed by atoms with Crippen LogP contribution in [-0.2, 0) is 16.3 Å². The van der Waals surface area contributed by atoms with Gasteiger partial charge in [0.2, 0.25) is 14.2 Å². The average Bonchev–Trinajstić information content (AvgIpc) is 2.32. The zero-order valence-electron chi connectivity index (χ0n) is 7.57. The predicted molar refractivity (Wildman–Crippen MR) is 52.7 cm³/mol. The van der Waals surface area contributed by atoms with Gasteiger partial charge in [-0.15, -0.1) is 11.3 Å². The van der Waals surface area contributed by atoms with E-state index in [2.05, 4.69) is 4.98 Å². The van der Waals surface area contributed by atoms with Gasteiger partial charge in [0.25, 0.3) is 0 Å². The van der Waals surface area contributed by atoms with E-state index in [0.717, 1.165) is 16.8 Å². The molecule has 0 aromatic carbocycles. The van der Waals surface area contributed by atoms with Gasteiger partial charge in [0.1, 0.15) is 0 Å². The SMILES string of the molecule is Cc1nc(S(C)(=O)=O)sc1CCN. The van der Waals surface area contributed by atoms with Gasteiger partial charge >= 0.3 is 0 Å². The lowest BCUT2D eigenvalue weighted by Crippen LogP contribution is -2.01. The van der Waals surface area contributed by atoms with Crippen LogP contribution in [0.4, 0.5) is 0 Å². The molecule has 1 aromatic rings. The number of rotatable bonds is 3. The van der Waals surface area contributed by atoms with Crippen LogP contribution in [0.3, 0.4) is 0 Å². The first-order valence-electron chi connectivity index (χ1n) is 3.81. The van der Waals surface area contributed by atoms with Crippen molar-refractivity contribution in [3.05, 3.63) is 10.6 Å². The van der Waals surface area contributed by atoms with Crippen molar-refractivity contribution < 1.29 is 8.42 Å². The number of aromatic nitrogens is 1. The zero-order chi connectivity index (χ0) is 10.1. The lowest BCUT2D eigenvalue weighted by Gasteiger charge is -1.90. The van der Waals surface area contributed by atoms with Gasteiger partial charge < -0.3 is 5.73 Å². The maximum Gasteiger partial charge on any atom is 0.209 e. The maximum atomic E-state index is 11.1. The number of sulfone groups is 1. The molecule has 0 saturated heterocycles. The number of nitrogens with zero attached hydrogens (tertiary/aromatic N) is 1. The molecule has 1 heterocycles. The highest BCUT2D eigenvalue weighted by Gasteiger charge is 2.14. The zero-order valence-corrected chi connectivity index (χ0v) is 9.20. The highest BCUT2D eigenvalue weighted by Crippen LogP contribution is 2.21. The van der Waals surface area contributed by atoms with Crippen molar-refractivity contribution in [2.45, 2.75) is 17.7 Å². The van der Waals surface area contributed by atoms with Crippen LogP contribution in [0.15, 0.2) is 4.34 Å². The van der Waals surface area contributed by atoms with Gasteiger partial charge in [0.15, 0.2) is 0 Å². The van der Waals surface area contributed by atoms with Crippen molar-refractivity contribution in [2.24, 2.45) is 5.73 Å². The van der Waals surface area contributed by atoms with Crippen LogP contribution in [0.25, 0.3) is 0 Å². The third-order valence-corrected chi connectivity index (χ3v) is 4.46. The van der Waals surface area contributed by atoms with Gasteiger partial charge in [-0.05, 0) is 19.9 Å². The first-order valence-corrected chi connectivity index (χ1v) is 6.52. The van der Waals surface area contributed by atoms with Crippen LogP contribution in [0, 0.1) is 6.92 Å². The maximum absolute atomic E-state index is 11.1. The minimum absolute atomic E-state index is 0.188. The van der Waals surface area contributed by atoms with E-state index >= 15 is 0 Å². The molecule has 0 radical (unpaired) electrons. The summed E-state index contributed by atoms with van der Waals surface area (Å²) in [5.74, 6) is 0. The van der Waals surface area contributed by atoms with E-state index in [1.807, 2.05) is 0 Å². The Balaban J connectivity index is 3.09. The van der Waals surface area contributed by atoms with E-state index in [-0.39, 0.29) is 4.34 Å². The molecular weight excluding hydrogens is 208 g/mol. The molecule has 13 heavy (non-hydrogen) atoms. The topological polar surface area (TPSA) is 73.0 Å². The normalized spacial score (nSPS) is 11.9. The molecule has 0 saturated carbocycles. The third kappa shape index (κ3) is 2.49. The Kier molecular flexibility index (Phi) is 3.05. The van der Waals surface area contributed by atoms with Gasteiger partial charge in [-0.1, -0.05) is 0 Å². The van der Waals surface area contributed by atoms with Crippen LogP contribution >= 0.6 is 11.3 Å². The molecule has 0 fully saturated rings. The van der Waals surface area contributed by atoms with Gasteiger partial charge in [0, 0.05) is 11.1 Å². The Bertz CT molecular complexity index is 395. The van der Waals surface area contributed by atoms with Crippen LogP contribution in [0.2, 0.25) is 0 Å². The van der Waals surface area contributed by atoms with Crippen molar-refractivity contribution in [2.75, 3.05) is 12.8 Å². The van der Waals surface area contributed by atoms with E-state index in [0.29, 0.717) is 13.0 Å². The third-order valence-electron chi connectivity index (χ3n) is 1.56. The van der Waals surface area contributed by atoms with Crippen LogP contribution in [0.5, 0.6) is 0 Å². The first-order chi connectivity index (χ1) is 5.95. The summed E-state index contributed by atoms with van der Waals surface area (Å²) in [4.78, 5) is 4.94. The Morgan fingerprint density at radius 2 is 2.15 bits per heavy atom. The average molecular weight is 220 g/mol. The molecule has 0 spiro atoms. The summed E-state index contributed by atoms with van der Waals surface area (Å²) in [5, 5.41) is 0. The van der Waals surface area contributed by atoms with E-state index < -0.39 is 9.84 Å². The van der Waals surface area contributed by atoms with Gasteiger partial charge in [-0.3, -0.25) is 0 Å². The molecule has 0 amide bonds. The molecule has 4 nitrogen and oxygen atoms in total. The fourth-order valence-corrected chi connectivity index (χ4v) is 2.94. The Labute approximate surface area is 81.7 Å². The lowest BCUT2D eigenvalue weighted by molar-refractivity contribution is 0.601. The van der Waals surface area contributed by atoms with E-state index in [1.165, 1.54) is 11.3 Å². The van der Waals surface area contributed by atoms with Crippen LogP contribution < -0.4 is 5.73 Å². The number of hydrogen-bond donors (Lipinski definition) is 1. The van der Waals surface area contributed by atoms with E-state index in [9.17, 15) is 8.42 Å². The Morgan fingerprint density at radius 1 is 1.54 bits per heavy atom. The molecule has 0 aliphatic heterocycles. The Hall–Kier alpha value is -0.460. The molecule has 1 aromatic heterocycles. The molecule has 2 N–H and O–H groups in total. The van der Waals surface area contributed by atoms with Crippen molar-refractivity contribution in [3.8, 4) is 0 Å². The second-order valence-electron chi connectivity index (χ2n) is 2.80. The highest BCUT2D eigenvalue weighted by molar-refractivity contribution is 7.92. The fourth-order valence-electron chi connectivity index (χ4n) is 0.923. The van der Waals surface area contributed by atoms with E-state index in [4.69, 9.17) is 5.73 Å². The van der Waals surface area contributed by atoms with E-state index in [1.54, 1.807) is 6.92 Å². The molecule has 0 atom stereocenters. The monoisotopic (exact) mass is 220 g/mol. The van der Waals surface area contributed by atoms with Crippen molar-refractivity contribution in [3.63, 3.8) is 0 Å². The second-order valence-corrected chi connectivity index (χ2v) is 6.07. The standard InChI is InChI=1S/C7H12N2O2S2/c1-5-6(3-4-8)12-7(9-5)13(2,10)11/h3-4,8H2,1-2H3. The van der Waals surface area contributed by atoms with Gasteiger partial charge in [-0.25, -0.2) is 13.4 Å². The minimum atomic E-state index is -3.16. The van der Waals surface area contributed by atoms with Gasteiger partial charge in [-0.2, -0.15) is 0 Å². The predicted octanol–water partition coefficient (Wildman–Crippen LogP) is 0.356. The largest absolute Gasteiger partial charge is 0.330 e. The second kappa shape index (κ2) is 3.73. The number of thiazole rings is 1. The van der Waals surface area contributed by atoms with Crippen LogP contribution in [-0.4, -0.2) is 26.2 Å². The molecule has 6 heteroatoms. The first kappa shape index (κ1) is 10.6. The molecule has 1 rings (SSSR count). The summed E-state index contributed by atoms with van der Waals surface area (Å²) in [6.45, 7) is 2.32. The molecule has 0 aliphatic rings. The number of aryl methyl sites for hydroxylation is 1.